The fraction of sp³-hybridized carbons (Fsp3) is 0.600. The Morgan fingerprint density at radius 3 is 2.56 bits per heavy atom. The Morgan fingerprint density at radius 1 is 1.33 bits per heavy atom. The van der Waals surface area contributed by atoms with E-state index in [0.29, 0.717) is 6.54 Å². The van der Waals surface area contributed by atoms with Crippen LogP contribution in [0.3, 0.4) is 0 Å². The number of rotatable bonds is 7. The van der Waals surface area contributed by atoms with Gasteiger partial charge in [-0.15, -0.1) is 0 Å². The lowest BCUT2D eigenvalue weighted by atomic mass is 9.96. The van der Waals surface area contributed by atoms with Crippen LogP contribution >= 0.6 is 0 Å². The maximum Gasteiger partial charge on any atom is 0.119 e. The zero-order chi connectivity index (χ0) is 13.6. The van der Waals surface area contributed by atoms with Crippen LogP contribution < -0.4 is 10.1 Å². The van der Waals surface area contributed by atoms with Crippen molar-refractivity contribution in [2.24, 2.45) is 0 Å². The van der Waals surface area contributed by atoms with Gasteiger partial charge in [0.25, 0.3) is 0 Å². The molecule has 0 unspecified atom stereocenters. The van der Waals surface area contributed by atoms with Crippen LogP contribution in [0.5, 0.6) is 5.75 Å². The Labute approximate surface area is 110 Å². The molecule has 0 saturated heterocycles. The van der Waals surface area contributed by atoms with Crippen molar-refractivity contribution < 1.29 is 9.84 Å². The molecule has 0 aliphatic carbocycles. The molecular weight excluding hydrogens is 226 g/mol. The summed E-state index contributed by atoms with van der Waals surface area (Å²) in [6.07, 6.45) is 1.53. The normalized spacial score (nSPS) is 13.4. The molecule has 0 aliphatic heterocycles. The lowest BCUT2D eigenvalue weighted by Gasteiger charge is -2.27. The average Bonchev–Trinajstić information content (AvgIpc) is 2.44. The summed E-state index contributed by atoms with van der Waals surface area (Å²) in [6, 6.07) is 8.21. The third-order valence-electron chi connectivity index (χ3n) is 3.65. The van der Waals surface area contributed by atoms with E-state index < -0.39 is 5.60 Å². The van der Waals surface area contributed by atoms with E-state index in [1.807, 2.05) is 32.0 Å². The van der Waals surface area contributed by atoms with Crippen molar-refractivity contribution in [2.45, 2.75) is 45.3 Å². The van der Waals surface area contributed by atoms with Crippen molar-refractivity contribution in [2.75, 3.05) is 13.7 Å². The molecule has 0 aromatic heterocycles. The minimum Gasteiger partial charge on any atom is -0.497 e. The molecule has 0 spiro atoms. The van der Waals surface area contributed by atoms with E-state index >= 15 is 0 Å². The van der Waals surface area contributed by atoms with Crippen molar-refractivity contribution in [1.29, 1.82) is 0 Å². The molecule has 0 fully saturated rings. The lowest BCUT2D eigenvalue weighted by molar-refractivity contribution is 0.0303. The highest BCUT2D eigenvalue weighted by Crippen LogP contribution is 2.20. The molecule has 0 amide bonds. The molecular formula is C15H25NO2. The maximum absolute atomic E-state index is 10.2. The molecule has 1 rings (SSSR count). The van der Waals surface area contributed by atoms with Gasteiger partial charge in [0.15, 0.2) is 0 Å². The summed E-state index contributed by atoms with van der Waals surface area (Å²) < 4.78 is 5.22. The van der Waals surface area contributed by atoms with E-state index in [1.54, 1.807) is 7.11 Å². The number of ether oxygens (including phenoxy) is 1. The second-order valence-corrected chi connectivity index (χ2v) is 4.81. The highest BCUT2D eigenvalue weighted by atomic mass is 16.5. The van der Waals surface area contributed by atoms with Crippen LogP contribution in [0, 0.1) is 0 Å². The first-order valence-electron chi connectivity index (χ1n) is 6.64. The molecule has 0 aliphatic rings. The Morgan fingerprint density at radius 2 is 2.00 bits per heavy atom. The summed E-state index contributed by atoms with van der Waals surface area (Å²) in [5.41, 5.74) is 0.566. The minimum atomic E-state index is -0.604. The number of benzene rings is 1. The summed E-state index contributed by atoms with van der Waals surface area (Å²) in [5, 5.41) is 13.6. The zero-order valence-corrected chi connectivity index (χ0v) is 11.9. The molecule has 0 saturated carbocycles. The Balaban J connectivity index is 2.62. The summed E-state index contributed by atoms with van der Waals surface area (Å²) >= 11 is 0. The van der Waals surface area contributed by atoms with Crippen LogP contribution in [-0.4, -0.2) is 24.4 Å². The summed E-state index contributed by atoms with van der Waals surface area (Å²) in [7, 11) is 1.67. The number of hydrogen-bond acceptors (Lipinski definition) is 3. The monoisotopic (exact) mass is 251 g/mol. The topological polar surface area (TPSA) is 41.5 Å². The third-order valence-corrected chi connectivity index (χ3v) is 3.65. The second kappa shape index (κ2) is 6.76. The van der Waals surface area contributed by atoms with Crippen molar-refractivity contribution in [3.63, 3.8) is 0 Å². The van der Waals surface area contributed by atoms with Crippen molar-refractivity contribution >= 4 is 0 Å². The summed E-state index contributed by atoms with van der Waals surface area (Å²) in [5.74, 6) is 0.863. The number of hydrogen-bond donors (Lipinski definition) is 2. The van der Waals surface area contributed by atoms with Gasteiger partial charge in [-0.3, -0.25) is 0 Å². The van der Waals surface area contributed by atoms with Crippen LogP contribution in [0.15, 0.2) is 24.3 Å². The predicted molar refractivity (Wildman–Crippen MR) is 74.9 cm³/mol. The Hall–Kier alpha value is -1.06. The first-order valence-corrected chi connectivity index (χ1v) is 6.64. The second-order valence-electron chi connectivity index (χ2n) is 4.81. The van der Waals surface area contributed by atoms with E-state index in [4.69, 9.17) is 4.74 Å². The van der Waals surface area contributed by atoms with Gasteiger partial charge in [0.05, 0.1) is 12.7 Å². The lowest BCUT2D eigenvalue weighted by Crippen LogP contribution is -2.40. The summed E-state index contributed by atoms with van der Waals surface area (Å²) in [6.45, 7) is 6.74. The van der Waals surface area contributed by atoms with Gasteiger partial charge < -0.3 is 15.2 Å². The number of aliphatic hydroxyl groups is 1. The van der Waals surface area contributed by atoms with Crippen LogP contribution in [0.25, 0.3) is 0 Å². The molecule has 18 heavy (non-hydrogen) atoms. The quantitative estimate of drug-likeness (QED) is 0.783. The van der Waals surface area contributed by atoms with Crippen molar-refractivity contribution in [1.82, 2.24) is 5.32 Å². The molecule has 3 heteroatoms. The van der Waals surface area contributed by atoms with E-state index in [2.05, 4.69) is 18.3 Å². The Bertz CT molecular complexity index is 361. The van der Waals surface area contributed by atoms with Crippen LogP contribution in [-0.2, 0) is 0 Å². The predicted octanol–water partition coefficient (Wildman–Crippen LogP) is 2.90. The third kappa shape index (κ3) is 4.00. The first-order chi connectivity index (χ1) is 8.54. The number of methoxy groups -OCH3 is 1. The molecule has 0 heterocycles. The van der Waals surface area contributed by atoms with Gasteiger partial charge in [0.1, 0.15) is 5.75 Å². The highest BCUT2D eigenvalue weighted by Gasteiger charge is 2.22. The standard InChI is InChI=1S/C15H25NO2/c1-5-15(17,6-2)11-16-12(3)13-8-7-9-14(10-13)18-4/h7-10,12,16-17H,5-6,11H2,1-4H3/t12-/m1/s1. The Kier molecular flexibility index (Phi) is 5.63. The SMILES string of the molecule is CCC(O)(CC)CN[C@H](C)c1cccc(OC)c1. The van der Waals surface area contributed by atoms with Gasteiger partial charge in [0.2, 0.25) is 0 Å². The van der Waals surface area contributed by atoms with Gasteiger partial charge in [-0.1, -0.05) is 26.0 Å². The van der Waals surface area contributed by atoms with Gasteiger partial charge in [-0.2, -0.15) is 0 Å². The number of nitrogens with one attached hydrogen (secondary N) is 1. The van der Waals surface area contributed by atoms with Crippen LogP contribution in [0.2, 0.25) is 0 Å². The van der Waals surface area contributed by atoms with E-state index in [-0.39, 0.29) is 6.04 Å². The summed E-state index contributed by atoms with van der Waals surface area (Å²) in [4.78, 5) is 0. The average molecular weight is 251 g/mol. The van der Waals surface area contributed by atoms with Crippen LogP contribution in [0.4, 0.5) is 0 Å². The smallest absolute Gasteiger partial charge is 0.119 e. The van der Waals surface area contributed by atoms with Gasteiger partial charge >= 0.3 is 0 Å². The molecule has 1 aromatic carbocycles. The largest absolute Gasteiger partial charge is 0.497 e. The van der Waals surface area contributed by atoms with Crippen molar-refractivity contribution in [3.05, 3.63) is 29.8 Å². The zero-order valence-electron chi connectivity index (χ0n) is 11.9. The minimum absolute atomic E-state index is 0.199. The van der Waals surface area contributed by atoms with Crippen molar-refractivity contribution in [3.8, 4) is 5.75 Å². The molecule has 1 aromatic rings. The first kappa shape index (κ1) is 15.0. The maximum atomic E-state index is 10.2. The molecule has 102 valence electrons. The van der Waals surface area contributed by atoms with E-state index in [9.17, 15) is 5.11 Å². The molecule has 0 bridgehead atoms. The van der Waals surface area contributed by atoms with Crippen LogP contribution in [0.1, 0.15) is 45.2 Å². The van der Waals surface area contributed by atoms with E-state index in [0.717, 1.165) is 18.6 Å². The molecule has 1 atom stereocenters. The van der Waals surface area contributed by atoms with E-state index in [1.165, 1.54) is 5.56 Å². The van der Waals surface area contributed by atoms with Gasteiger partial charge in [-0.05, 0) is 37.5 Å². The van der Waals surface area contributed by atoms with Gasteiger partial charge in [-0.25, -0.2) is 0 Å². The van der Waals surface area contributed by atoms with Gasteiger partial charge in [0, 0.05) is 12.6 Å². The fourth-order valence-corrected chi connectivity index (χ4v) is 1.87. The molecule has 0 radical (unpaired) electrons. The molecule has 2 N–H and O–H groups in total. The molecule has 3 nitrogen and oxygen atoms in total. The highest BCUT2D eigenvalue weighted by molar-refractivity contribution is 5.30. The fourth-order valence-electron chi connectivity index (χ4n) is 1.87.